The van der Waals surface area contributed by atoms with E-state index in [9.17, 15) is 4.79 Å². The summed E-state index contributed by atoms with van der Waals surface area (Å²) < 4.78 is 7.82. The van der Waals surface area contributed by atoms with Crippen LogP contribution in [0.25, 0.3) is 11.6 Å². The van der Waals surface area contributed by atoms with E-state index in [0.29, 0.717) is 16.7 Å². The van der Waals surface area contributed by atoms with Crippen LogP contribution in [0.2, 0.25) is 5.02 Å². The first kappa shape index (κ1) is 20.6. The molecular weight excluding hydrogens is 432 g/mol. The molecule has 1 N–H and O–H groups in total. The average molecular weight is 457 g/mol. The van der Waals surface area contributed by atoms with E-state index in [1.165, 1.54) is 37.4 Å². The molecule has 2 aliphatic carbocycles. The number of nitrogens with one attached hydrogen (secondary N) is 1. The second-order valence-electron chi connectivity index (χ2n) is 8.58. The molecule has 1 aromatic carbocycles. The molecule has 31 heavy (non-hydrogen) atoms. The lowest BCUT2D eigenvalue weighted by atomic mass is 9.84. The number of benzene rings is 1. The Labute approximate surface area is 190 Å². The molecule has 2 aliphatic rings. The molecule has 6 nitrogen and oxygen atoms in total. The van der Waals surface area contributed by atoms with Crippen molar-refractivity contribution in [2.45, 2.75) is 43.8 Å². The van der Waals surface area contributed by atoms with Gasteiger partial charge in [-0.3, -0.25) is 9.36 Å². The van der Waals surface area contributed by atoms with Crippen LogP contribution in [0.1, 0.15) is 38.6 Å². The SMILES string of the molecule is C[C@@H]([C@H]1C[C@H]2CC[C@H]1C2)n1c(SCC(=O)Nc2ccc(Cl)cc2)nnc1-c1ccco1. The maximum absolute atomic E-state index is 12.5. The number of aromatic nitrogens is 3. The van der Waals surface area contributed by atoms with E-state index in [1.807, 2.05) is 12.1 Å². The molecule has 0 unspecified atom stereocenters. The van der Waals surface area contributed by atoms with Crippen LogP contribution in [0, 0.1) is 17.8 Å². The maximum atomic E-state index is 12.5. The van der Waals surface area contributed by atoms with E-state index < -0.39 is 0 Å². The van der Waals surface area contributed by atoms with Gasteiger partial charge in [0, 0.05) is 16.8 Å². The fraction of sp³-hybridized carbons (Fsp3) is 0.435. The minimum absolute atomic E-state index is 0.0889. The topological polar surface area (TPSA) is 73.0 Å². The molecule has 0 spiro atoms. The third kappa shape index (κ3) is 4.26. The molecule has 0 aliphatic heterocycles. The number of hydrogen-bond acceptors (Lipinski definition) is 5. The molecule has 8 heteroatoms. The fourth-order valence-corrected chi connectivity index (χ4v) is 6.20. The molecule has 2 saturated carbocycles. The molecule has 0 saturated heterocycles. The number of anilines is 1. The Hall–Kier alpha value is -2.25. The van der Waals surface area contributed by atoms with Crippen LogP contribution in [-0.4, -0.2) is 26.4 Å². The molecule has 2 bridgehead atoms. The standard InChI is InChI=1S/C23H25ClN4O2S/c1-14(19-12-15-4-5-16(19)11-15)28-22(20-3-2-10-30-20)26-27-23(28)31-13-21(29)25-18-8-6-17(24)7-9-18/h2-3,6-10,14-16,19H,4-5,11-13H2,1H3,(H,25,29)/t14-,15-,16-,19+/m0/s1. The normalized spacial score (nSPS) is 23.2. The van der Waals surface area contributed by atoms with Gasteiger partial charge in [0.15, 0.2) is 10.9 Å². The number of carbonyl (C=O) groups is 1. The van der Waals surface area contributed by atoms with Crippen LogP contribution in [0.15, 0.2) is 52.2 Å². The first-order valence-corrected chi connectivity index (χ1v) is 12.1. The molecule has 4 atom stereocenters. The Morgan fingerprint density at radius 3 is 2.77 bits per heavy atom. The molecule has 2 heterocycles. The number of thioether (sulfide) groups is 1. The van der Waals surface area contributed by atoms with Crippen LogP contribution >= 0.6 is 23.4 Å². The summed E-state index contributed by atoms with van der Waals surface area (Å²) in [7, 11) is 0. The molecule has 1 amide bonds. The summed E-state index contributed by atoms with van der Waals surface area (Å²) in [5, 5.41) is 13.2. The van der Waals surface area contributed by atoms with Gasteiger partial charge in [-0.1, -0.05) is 29.8 Å². The summed E-state index contributed by atoms with van der Waals surface area (Å²) >= 11 is 7.33. The van der Waals surface area contributed by atoms with Gasteiger partial charge < -0.3 is 9.73 Å². The Kier molecular flexibility index (Phi) is 5.80. The zero-order chi connectivity index (χ0) is 21.4. The number of halogens is 1. The second kappa shape index (κ2) is 8.71. The van der Waals surface area contributed by atoms with Crippen molar-refractivity contribution in [3.63, 3.8) is 0 Å². The zero-order valence-corrected chi connectivity index (χ0v) is 18.9. The molecule has 2 aromatic heterocycles. The van der Waals surface area contributed by atoms with E-state index >= 15 is 0 Å². The monoisotopic (exact) mass is 456 g/mol. The van der Waals surface area contributed by atoms with Gasteiger partial charge >= 0.3 is 0 Å². The van der Waals surface area contributed by atoms with Crippen molar-refractivity contribution >= 4 is 35.0 Å². The van der Waals surface area contributed by atoms with Gasteiger partial charge in [-0.2, -0.15) is 0 Å². The molecular formula is C23H25ClN4O2S. The van der Waals surface area contributed by atoms with Crippen molar-refractivity contribution in [2.75, 3.05) is 11.1 Å². The van der Waals surface area contributed by atoms with Gasteiger partial charge in [-0.25, -0.2) is 0 Å². The Bertz CT molecular complexity index is 1050. The lowest BCUT2D eigenvalue weighted by Gasteiger charge is -2.30. The number of fused-ring (bicyclic) bond motifs is 2. The third-order valence-electron chi connectivity index (χ3n) is 6.69. The number of nitrogens with zero attached hydrogens (tertiary/aromatic N) is 3. The molecule has 2 fully saturated rings. The Balaban J connectivity index is 1.34. The maximum Gasteiger partial charge on any atom is 0.234 e. The van der Waals surface area contributed by atoms with E-state index in [-0.39, 0.29) is 17.7 Å². The Morgan fingerprint density at radius 1 is 1.26 bits per heavy atom. The van der Waals surface area contributed by atoms with Gasteiger partial charge in [-0.05, 0) is 80.3 Å². The largest absolute Gasteiger partial charge is 0.461 e. The summed E-state index contributed by atoms with van der Waals surface area (Å²) in [6.07, 6.45) is 6.96. The van der Waals surface area contributed by atoms with Crippen molar-refractivity contribution in [2.24, 2.45) is 17.8 Å². The minimum atomic E-state index is -0.0889. The second-order valence-corrected chi connectivity index (χ2v) is 9.96. The van der Waals surface area contributed by atoms with E-state index in [1.54, 1.807) is 30.5 Å². The number of rotatable bonds is 7. The van der Waals surface area contributed by atoms with Crippen molar-refractivity contribution in [1.82, 2.24) is 14.8 Å². The van der Waals surface area contributed by atoms with Crippen LogP contribution in [0.4, 0.5) is 5.69 Å². The van der Waals surface area contributed by atoms with E-state index in [2.05, 4.69) is 27.0 Å². The summed E-state index contributed by atoms with van der Waals surface area (Å²) in [6.45, 7) is 2.26. The van der Waals surface area contributed by atoms with Crippen molar-refractivity contribution in [3.05, 3.63) is 47.7 Å². The highest BCUT2D eigenvalue weighted by Crippen LogP contribution is 2.52. The van der Waals surface area contributed by atoms with Crippen LogP contribution < -0.4 is 5.32 Å². The highest BCUT2D eigenvalue weighted by Gasteiger charge is 2.43. The van der Waals surface area contributed by atoms with Crippen molar-refractivity contribution in [3.8, 4) is 11.6 Å². The summed E-state index contributed by atoms with van der Waals surface area (Å²) in [4.78, 5) is 12.5. The predicted octanol–water partition coefficient (Wildman–Crippen LogP) is 5.92. The quantitative estimate of drug-likeness (QED) is 0.447. The molecule has 0 radical (unpaired) electrons. The summed E-state index contributed by atoms with van der Waals surface area (Å²) in [5.41, 5.74) is 0.725. The fourth-order valence-electron chi connectivity index (χ4n) is 5.25. The van der Waals surface area contributed by atoms with Crippen LogP contribution in [0.3, 0.4) is 0 Å². The van der Waals surface area contributed by atoms with Crippen molar-refractivity contribution < 1.29 is 9.21 Å². The van der Waals surface area contributed by atoms with Crippen LogP contribution in [0.5, 0.6) is 0 Å². The molecule has 162 valence electrons. The van der Waals surface area contributed by atoms with Gasteiger partial charge in [0.25, 0.3) is 0 Å². The lowest BCUT2D eigenvalue weighted by molar-refractivity contribution is -0.113. The Morgan fingerprint density at radius 2 is 2.10 bits per heavy atom. The first-order valence-electron chi connectivity index (χ1n) is 10.8. The molecule has 5 rings (SSSR count). The van der Waals surface area contributed by atoms with Crippen molar-refractivity contribution in [1.29, 1.82) is 0 Å². The smallest absolute Gasteiger partial charge is 0.234 e. The highest BCUT2D eigenvalue weighted by molar-refractivity contribution is 7.99. The zero-order valence-electron chi connectivity index (χ0n) is 17.3. The molecule has 3 aromatic rings. The third-order valence-corrected chi connectivity index (χ3v) is 7.88. The summed E-state index contributed by atoms with van der Waals surface area (Å²) in [5.74, 6) is 3.86. The number of furan rings is 1. The van der Waals surface area contributed by atoms with Gasteiger partial charge in [-0.15, -0.1) is 10.2 Å². The number of hydrogen-bond donors (Lipinski definition) is 1. The number of amides is 1. The number of carbonyl (C=O) groups excluding carboxylic acids is 1. The van der Waals surface area contributed by atoms with E-state index in [4.69, 9.17) is 16.0 Å². The summed E-state index contributed by atoms with van der Waals surface area (Å²) in [6, 6.07) is 11.1. The van der Waals surface area contributed by atoms with E-state index in [0.717, 1.165) is 28.5 Å². The average Bonchev–Trinajstić information content (AvgIpc) is 3.57. The van der Waals surface area contributed by atoms with Gasteiger partial charge in [0.2, 0.25) is 11.7 Å². The van der Waals surface area contributed by atoms with Gasteiger partial charge in [0.1, 0.15) is 0 Å². The van der Waals surface area contributed by atoms with Gasteiger partial charge in [0.05, 0.1) is 12.0 Å². The van der Waals surface area contributed by atoms with Crippen LogP contribution in [-0.2, 0) is 4.79 Å². The lowest BCUT2D eigenvalue weighted by Crippen LogP contribution is -2.23. The predicted molar refractivity (Wildman–Crippen MR) is 122 cm³/mol. The minimum Gasteiger partial charge on any atom is -0.461 e. The first-order chi connectivity index (χ1) is 15.1. The highest BCUT2D eigenvalue weighted by atomic mass is 35.5.